The van der Waals surface area contributed by atoms with E-state index < -0.39 is 6.04 Å². The molecule has 0 aliphatic carbocycles. The molecule has 2 aliphatic rings. The SMILES string of the molecule is CCNC(=O)C1COCCN1C(=O)C1CCCCCN1. The predicted molar refractivity (Wildman–Crippen MR) is 75.3 cm³/mol. The standard InChI is InChI=1S/C14H25N3O3/c1-2-15-13(18)12-10-20-9-8-17(12)14(19)11-6-4-3-5-7-16-11/h11-12,16H,2-10H2,1H3,(H,15,18). The fourth-order valence-electron chi connectivity index (χ4n) is 2.82. The van der Waals surface area contributed by atoms with Crippen molar-refractivity contribution in [3.8, 4) is 0 Å². The number of amides is 2. The number of carbonyl (C=O) groups is 2. The van der Waals surface area contributed by atoms with E-state index in [-0.39, 0.29) is 17.9 Å². The maximum atomic E-state index is 12.7. The highest BCUT2D eigenvalue weighted by Gasteiger charge is 2.35. The van der Waals surface area contributed by atoms with E-state index in [1.54, 1.807) is 4.90 Å². The van der Waals surface area contributed by atoms with Gasteiger partial charge in [-0.3, -0.25) is 9.59 Å². The first-order valence-electron chi connectivity index (χ1n) is 7.63. The number of morpholine rings is 1. The van der Waals surface area contributed by atoms with Gasteiger partial charge in [0.25, 0.3) is 0 Å². The van der Waals surface area contributed by atoms with Crippen molar-refractivity contribution in [2.75, 3.05) is 32.8 Å². The molecule has 2 heterocycles. The molecule has 2 atom stereocenters. The van der Waals surface area contributed by atoms with E-state index in [4.69, 9.17) is 4.74 Å². The predicted octanol–water partition coefficient (Wildman–Crippen LogP) is -0.118. The molecule has 2 unspecified atom stereocenters. The summed E-state index contributed by atoms with van der Waals surface area (Å²) in [5, 5.41) is 6.09. The lowest BCUT2D eigenvalue weighted by atomic mass is 10.1. The van der Waals surface area contributed by atoms with Gasteiger partial charge in [-0.05, 0) is 26.3 Å². The van der Waals surface area contributed by atoms with Crippen LogP contribution < -0.4 is 10.6 Å². The summed E-state index contributed by atoms with van der Waals surface area (Å²) in [7, 11) is 0. The molecule has 0 aromatic carbocycles. The third-order valence-electron chi connectivity index (χ3n) is 3.92. The molecule has 0 aromatic rings. The summed E-state index contributed by atoms with van der Waals surface area (Å²) in [6.45, 7) is 4.63. The summed E-state index contributed by atoms with van der Waals surface area (Å²) < 4.78 is 5.37. The average molecular weight is 283 g/mol. The van der Waals surface area contributed by atoms with Crippen LogP contribution >= 0.6 is 0 Å². The van der Waals surface area contributed by atoms with Crippen molar-refractivity contribution in [1.82, 2.24) is 15.5 Å². The highest BCUT2D eigenvalue weighted by molar-refractivity contribution is 5.90. The second-order valence-electron chi connectivity index (χ2n) is 5.37. The Balaban J connectivity index is 2.02. The Morgan fingerprint density at radius 3 is 3.00 bits per heavy atom. The van der Waals surface area contributed by atoms with E-state index in [0.717, 1.165) is 25.8 Å². The van der Waals surface area contributed by atoms with Crippen molar-refractivity contribution in [2.24, 2.45) is 0 Å². The highest BCUT2D eigenvalue weighted by atomic mass is 16.5. The molecule has 6 heteroatoms. The quantitative estimate of drug-likeness (QED) is 0.758. The van der Waals surface area contributed by atoms with Gasteiger partial charge >= 0.3 is 0 Å². The van der Waals surface area contributed by atoms with Crippen LogP contribution in [0.1, 0.15) is 32.6 Å². The van der Waals surface area contributed by atoms with Crippen LogP contribution in [-0.4, -0.2) is 61.6 Å². The third kappa shape index (κ3) is 3.70. The molecule has 0 radical (unpaired) electrons. The van der Waals surface area contributed by atoms with Crippen molar-refractivity contribution >= 4 is 11.8 Å². The molecule has 2 rings (SSSR count). The molecule has 2 aliphatic heterocycles. The van der Waals surface area contributed by atoms with Gasteiger partial charge in [0.1, 0.15) is 6.04 Å². The first-order chi connectivity index (χ1) is 9.74. The second kappa shape index (κ2) is 7.59. The van der Waals surface area contributed by atoms with Crippen LogP contribution in [0.5, 0.6) is 0 Å². The van der Waals surface area contributed by atoms with E-state index in [9.17, 15) is 9.59 Å². The molecule has 2 fully saturated rings. The zero-order chi connectivity index (χ0) is 14.4. The lowest BCUT2D eigenvalue weighted by Crippen LogP contribution is -2.59. The number of ether oxygens (including phenoxy) is 1. The van der Waals surface area contributed by atoms with Crippen molar-refractivity contribution in [3.63, 3.8) is 0 Å². The molecule has 0 aromatic heterocycles. The summed E-state index contributed by atoms with van der Waals surface area (Å²) in [6.07, 6.45) is 4.21. The minimum absolute atomic E-state index is 0.0476. The Kier molecular flexibility index (Phi) is 5.79. The van der Waals surface area contributed by atoms with Gasteiger partial charge in [0, 0.05) is 13.1 Å². The first-order valence-corrected chi connectivity index (χ1v) is 7.63. The molecular weight excluding hydrogens is 258 g/mol. The molecule has 2 saturated heterocycles. The maximum absolute atomic E-state index is 12.7. The Hall–Kier alpha value is -1.14. The summed E-state index contributed by atoms with van der Waals surface area (Å²) in [5.41, 5.74) is 0. The van der Waals surface area contributed by atoms with E-state index in [2.05, 4.69) is 10.6 Å². The average Bonchev–Trinajstić information content (AvgIpc) is 2.76. The van der Waals surface area contributed by atoms with Crippen molar-refractivity contribution < 1.29 is 14.3 Å². The Morgan fingerprint density at radius 1 is 1.35 bits per heavy atom. The zero-order valence-corrected chi connectivity index (χ0v) is 12.2. The Labute approximate surface area is 120 Å². The monoisotopic (exact) mass is 283 g/mol. The number of hydrogen-bond donors (Lipinski definition) is 2. The van der Waals surface area contributed by atoms with Crippen LogP contribution in [-0.2, 0) is 14.3 Å². The number of hydrogen-bond acceptors (Lipinski definition) is 4. The molecule has 114 valence electrons. The van der Waals surface area contributed by atoms with Crippen LogP contribution in [0.2, 0.25) is 0 Å². The molecule has 2 N–H and O–H groups in total. The Morgan fingerprint density at radius 2 is 2.20 bits per heavy atom. The van der Waals surface area contributed by atoms with Gasteiger partial charge in [-0.1, -0.05) is 12.8 Å². The summed E-state index contributed by atoms with van der Waals surface area (Å²) in [6, 6.07) is -0.631. The van der Waals surface area contributed by atoms with Crippen molar-refractivity contribution in [2.45, 2.75) is 44.7 Å². The molecule has 0 saturated carbocycles. The van der Waals surface area contributed by atoms with Crippen LogP contribution in [0.25, 0.3) is 0 Å². The molecule has 0 spiro atoms. The number of likely N-dealkylation sites (N-methyl/N-ethyl adjacent to an activating group) is 1. The molecule has 20 heavy (non-hydrogen) atoms. The van der Waals surface area contributed by atoms with Gasteiger partial charge in [0.05, 0.1) is 19.3 Å². The van der Waals surface area contributed by atoms with Gasteiger partial charge in [-0.2, -0.15) is 0 Å². The van der Waals surface area contributed by atoms with Gasteiger partial charge in [0.2, 0.25) is 11.8 Å². The van der Waals surface area contributed by atoms with Crippen LogP contribution in [0.3, 0.4) is 0 Å². The lowest BCUT2D eigenvalue weighted by Gasteiger charge is -2.36. The zero-order valence-electron chi connectivity index (χ0n) is 12.2. The van der Waals surface area contributed by atoms with Gasteiger partial charge in [-0.25, -0.2) is 0 Å². The topological polar surface area (TPSA) is 70.7 Å². The number of carbonyl (C=O) groups excluding carboxylic acids is 2. The van der Waals surface area contributed by atoms with Crippen molar-refractivity contribution in [3.05, 3.63) is 0 Å². The lowest BCUT2D eigenvalue weighted by molar-refractivity contribution is -0.150. The van der Waals surface area contributed by atoms with Gasteiger partial charge in [-0.15, -0.1) is 0 Å². The van der Waals surface area contributed by atoms with Gasteiger partial charge in [0.15, 0.2) is 0 Å². The first kappa shape index (κ1) is 15.3. The normalized spacial score (nSPS) is 27.8. The Bertz CT molecular complexity index is 341. The van der Waals surface area contributed by atoms with Crippen LogP contribution in [0.4, 0.5) is 0 Å². The van der Waals surface area contributed by atoms with Crippen molar-refractivity contribution in [1.29, 1.82) is 0 Å². The van der Waals surface area contributed by atoms with Crippen LogP contribution in [0, 0.1) is 0 Å². The van der Waals surface area contributed by atoms with Gasteiger partial charge < -0.3 is 20.3 Å². The minimum Gasteiger partial charge on any atom is -0.377 e. The second-order valence-corrected chi connectivity index (χ2v) is 5.37. The van der Waals surface area contributed by atoms with E-state index in [1.165, 1.54) is 6.42 Å². The molecule has 0 bridgehead atoms. The molecule has 2 amide bonds. The minimum atomic E-state index is -0.485. The van der Waals surface area contributed by atoms with E-state index >= 15 is 0 Å². The van der Waals surface area contributed by atoms with Crippen LogP contribution in [0.15, 0.2) is 0 Å². The summed E-state index contributed by atoms with van der Waals surface area (Å²) in [5.74, 6) is -0.0689. The third-order valence-corrected chi connectivity index (χ3v) is 3.92. The largest absolute Gasteiger partial charge is 0.377 e. The number of rotatable bonds is 3. The fourth-order valence-corrected chi connectivity index (χ4v) is 2.82. The number of nitrogens with zero attached hydrogens (tertiary/aromatic N) is 1. The summed E-state index contributed by atoms with van der Waals surface area (Å²) in [4.78, 5) is 26.4. The van der Waals surface area contributed by atoms with E-state index in [1.807, 2.05) is 6.92 Å². The maximum Gasteiger partial charge on any atom is 0.245 e. The number of nitrogens with one attached hydrogen (secondary N) is 2. The fraction of sp³-hybridized carbons (Fsp3) is 0.857. The smallest absolute Gasteiger partial charge is 0.245 e. The summed E-state index contributed by atoms with van der Waals surface area (Å²) >= 11 is 0. The highest BCUT2D eigenvalue weighted by Crippen LogP contribution is 2.15. The van der Waals surface area contributed by atoms with E-state index in [0.29, 0.717) is 26.3 Å². The molecular formula is C14H25N3O3. The molecule has 6 nitrogen and oxygen atoms in total.